The molecule has 0 aromatic heterocycles. The number of nitrogens with one attached hydrogen (secondary N) is 1. The Hall–Kier alpha value is -1.36. The molecule has 1 N–H and O–H groups in total. The molecular formula is C12H15BrN2O2. The van der Waals surface area contributed by atoms with Crippen LogP contribution in [0.15, 0.2) is 28.7 Å². The number of halogens is 1. The molecule has 0 bridgehead atoms. The Kier molecular flexibility index (Phi) is 5.15. The lowest BCUT2D eigenvalue weighted by atomic mass is 10.2. The SMILES string of the molecule is CN(C)C(=O)CCNC(=O)c1ccccc1Br. The maximum Gasteiger partial charge on any atom is 0.252 e. The van der Waals surface area contributed by atoms with Gasteiger partial charge in [0.05, 0.1) is 5.56 Å². The second kappa shape index (κ2) is 6.39. The van der Waals surface area contributed by atoms with E-state index in [1.807, 2.05) is 6.07 Å². The fourth-order valence-electron chi connectivity index (χ4n) is 1.25. The van der Waals surface area contributed by atoms with Crippen molar-refractivity contribution in [2.45, 2.75) is 6.42 Å². The fraction of sp³-hybridized carbons (Fsp3) is 0.333. The van der Waals surface area contributed by atoms with Crippen molar-refractivity contribution in [3.63, 3.8) is 0 Å². The maximum absolute atomic E-state index is 11.8. The summed E-state index contributed by atoms with van der Waals surface area (Å²) in [6.45, 7) is 0.344. The third-order valence-corrected chi connectivity index (χ3v) is 2.93. The minimum Gasteiger partial charge on any atom is -0.351 e. The Morgan fingerprint density at radius 1 is 1.29 bits per heavy atom. The highest BCUT2D eigenvalue weighted by Crippen LogP contribution is 2.15. The van der Waals surface area contributed by atoms with Crippen molar-refractivity contribution >= 4 is 27.7 Å². The second-order valence-electron chi connectivity index (χ2n) is 3.77. The standard InChI is InChI=1S/C12H15BrN2O2/c1-15(2)11(16)7-8-14-12(17)9-5-3-4-6-10(9)13/h3-6H,7-8H2,1-2H3,(H,14,17). The van der Waals surface area contributed by atoms with E-state index in [0.29, 0.717) is 18.5 Å². The molecule has 4 nitrogen and oxygen atoms in total. The molecule has 5 heteroatoms. The molecule has 0 saturated heterocycles. The Labute approximate surface area is 109 Å². The Bertz CT molecular complexity index is 419. The van der Waals surface area contributed by atoms with Gasteiger partial charge < -0.3 is 10.2 Å². The average Bonchev–Trinajstić information content (AvgIpc) is 2.29. The molecule has 0 radical (unpaired) electrons. The Balaban J connectivity index is 2.46. The molecule has 1 aromatic carbocycles. The third kappa shape index (κ3) is 4.19. The van der Waals surface area contributed by atoms with E-state index in [9.17, 15) is 9.59 Å². The van der Waals surface area contributed by atoms with E-state index in [1.165, 1.54) is 4.90 Å². The molecule has 0 fully saturated rings. The number of carbonyl (C=O) groups excluding carboxylic acids is 2. The van der Waals surface area contributed by atoms with Gasteiger partial charge in [0, 0.05) is 31.5 Å². The van der Waals surface area contributed by atoms with Gasteiger partial charge in [0.2, 0.25) is 5.91 Å². The first-order chi connectivity index (χ1) is 8.02. The number of carbonyl (C=O) groups is 2. The van der Waals surface area contributed by atoms with E-state index in [0.717, 1.165) is 4.47 Å². The van der Waals surface area contributed by atoms with Gasteiger partial charge in [0.15, 0.2) is 0 Å². The number of benzene rings is 1. The van der Waals surface area contributed by atoms with Crippen LogP contribution in [0.5, 0.6) is 0 Å². The van der Waals surface area contributed by atoms with Crippen LogP contribution in [0.1, 0.15) is 16.8 Å². The summed E-state index contributed by atoms with van der Waals surface area (Å²) >= 11 is 3.30. The zero-order chi connectivity index (χ0) is 12.8. The van der Waals surface area contributed by atoms with Crippen molar-refractivity contribution < 1.29 is 9.59 Å². The number of nitrogens with zero attached hydrogens (tertiary/aromatic N) is 1. The molecule has 0 saturated carbocycles. The van der Waals surface area contributed by atoms with Crippen molar-refractivity contribution in [3.05, 3.63) is 34.3 Å². The lowest BCUT2D eigenvalue weighted by Gasteiger charge is -2.10. The molecule has 0 aliphatic heterocycles. The van der Waals surface area contributed by atoms with Crippen LogP contribution in [0, 0.1) is 0 Å². The van der Waals surface area contributed by atoms with Gasteiger partial charge in [-0.1, -0.05) is 12.1 Å². The van der Waals surface area contributed by atoms with Crippen LogP contribution in [0.2, 0.25) is 0 Å². The molecule has 92 valence electrons. The topological polar surface area (TPSA) is 49.4 Å². The van der Waals surface area contributed by atoms with E-state index in [2.05, 4.69) is 21.2 Å². The van der Waals surface area contributed by atoms with E-state index < -0.39 is 0 Å². The predicted octanol–water partition coefficient (Wildman–Crippen LogP) is 1.66. The summed E-state index contributed by atoms with van der Waals surface area (Å²) in [5.41, 5.74) is 0.574. The van der Waals surface area contributed by atoms with Gasteiger partial charge in [-0.05, 0) is 28.1 Å². The second-order valence-corrected chi connectivity index (χ2v) is 4.63. The van der Waals surface area contributed by atoms with Crippen LogP contribution < -0.4 is 5.32 Å². The summed E-state index contributed by atoms with van der Waals surface area (Å²) in [7, 11) is 3.38. The molecule has 0 aliphatic rings. The summed E-state index contributed by atoms with van der Waals surface area (Å²) in [4.78, 5) is 24.5. The lowest BCUT2D eigenvalue weighted by molar-refractivity contribution is -0.128. The van der Waals surface area contributed by atoms with Crippen LogP contribution in [0.4, 0.5) is 0 Å². The molecule has 17 heavy (non-hydrogen) atoms. The number of hydrogen-bond donors (Lipinski definition) is 1. The zero-order valence-electron chi connectivity index (χ0n) is 9.87. The van der Waals surface area contributed by atoms with Gasteiger partial charge >= 0.3 is 0 Å². The van der Waals surface area contributed by atoms with Crippen molar-refractivity contribution in [3.8, 4) is 0 Å². The van der Waals surface area contributed by atoms with Gasteiger partial charge in [0.25, 0.3) is 5.91 Å². The van der Waals surface area contributed by atoms with Gasteiger partial charge in [-0.25, -0.2) is 0 Å². The largest absolute Gasteiger partial charge is 0.351 e. The minimum absolute atomic E-state index is 0.00238. The summed E-state index contributed by atoms with van der Waals surface area (Å²) < 4.78 is 0.747. The van der Waals surface area contributed by atoms with Crippen LogP contribution in [-0.2, 0) is 4.79 Å². The monoisotopic (exact) mass is 298 g/mol. The average molecular weight is 299 g/mol. The van der Waals surface area contributed by atoms with Crippen LogP contribution >= 0.6 is 15.9 Å². The first kappa shape index (κ1) is 13.7. The lowest BCUT2D eigenvalue weighted by Crippen LogP contribution is -2.30. The molecule has 0 unspecified atom stereocenters. The zero-order valence-corrected chi connectivity index (χ0v) is 11.5. The van der Waals surface area contributed by atoms with Gasteiger partial charge in [-0.15, -0.1) is 0 Å². The van der Waals surface area contributed by atoms with Crippen LogP contribution in [0.25, 0.3) is 0 Å². The van der Waals surface area contributed by atoms with Gasteiger partial charge in [-0.2, -0.15) is 0 Å². The van der Waals surface area contributed by atoms with Gasteiger partial charge in [-0.3, -0.25) is 9.59 Å². The summed E-state index contributed by atoms with van der Waals surface area (Å²) in [6.07, 6.45) is 0.309. The quantitative estimate of drug-likeness (QED) is 0.919. The van der Waals surface area contributed by atoms with Gasteiger partial charge in [0.1, 0.15) is 0 Å². The van der Waals surface area contributed by atoms with E-state index in [1.54, 1.807) is 32.3 Å². The molecule has 0 spiro atoms. The van der Waals surface area contributed by atoms with Crippen LogP contribution in [-0.4, -0.2) is 37.4 Å². The van der Waals surface area contributed by atoms with Crippen molar-refractivity contribution in [1.82, 2.24) is 10.2 Å². The van der Waals surface area contributed by atoms with E-state index in [-0.39, 0.29) is 11.8 Å². The molecule has 0 aliphatic carbocycles. The fourth-order valence-corrected chi connectivity index (χ4v) is 1.71. The number of rotatable bonds is 4. The van der Waals surface area contributed by atoms with E-state index >= 15 is 0 Å². The molecule has 2 amide bonds. The van der Waals surface area contributed by atoms with Crippen molar-refractivity contribution in [2.75, 3.05) is 20.6 Å². The highest BCUT2D eigenvalue weighted by molar-refractivity contribution is 9.10. The number of hydrogen-bond acceptors (Lipinski definition) is 2. The molecule has 0 heterocycles. The normalized spacial score (nSPS) is 9.82. The molecule has 1 rings (SSSR count). The maximum atomic E-state index is 11.8. The molecule has 1 aromatic rings. The van der Waals surface area contributed by atoms with Crippen LogP contribution in [0.3, 0.4) is 0 Å². The third-order valence-electron chi connectivity index (χ3n) is 2.24. The smallest absolute Gasteiger partial charge is 0.252 e. The summed E-state index contributed by atoms with van der Waals surface area (Å²) in [6, 6.07) is 7.17. The Morgan fingerprint density at radius 2 is 1.94 bits per heavy atom. The summed E-state index contributed by atoms with van der Waals surface area (Å²) in [5.74, 6) is -0.179. The van der Waals surface area contributed by atoms with E-state index in [4.69, 9.17) is 0 Å². The summed E-state index contributed by atoms with van der Waals surface area (Å²) in [5, 5.41) is 2.71. The van der Waals surface area contributed by atoms with Crippen molar-refractivity contribution in [2.24, 2.45) is 0 Å². The molecule has 0 atom stereocenters. The first-order valence-electron chi connectivity index (χ1n) is 5.25. The highest BCUT2D eigenvalue weighted by Gasteiger charge is 2.09. The first-order valence-corrected chi connectivity index (χ1v) is 6.04. The highest BCUT2D eigenvalue weighted by atomic mass is 79.9. The number of amides is 2. The predicted molar refractivity (Wildman–Crippen MR) is 69.8 cm³/mol. The molecular weight excluding hydrogens is 284 g/mol. The Morgan fingerprint density at radius 3 is 2.53 bits per heavy atom. The minimum atomic E-state index is -0.177. The van der Waals surface area contributed by atoms with Crippen molar-refractivity contribution in [1.29, 1.82) is 0 Å².